The van der Waals surface area contributed by atoms with Crippen LogP contribution in [0.3, 0.4) is 0 Å². The molecule has 80 valence electrons. The summed E-state index contributed by atoms with van der Waals surface area (Å²) in [5.41, 5.74) is 13.1. The smallest absolute Gasteiger partial charge is 0.196 e. The molecule has 0 aromatic heterocycles. The first kappa shape index (κ1) is 9.83. The van der Waals surface area contributed by atoms with Crippen LogP contribution in [0.4, 0.5) is 11.4 Å². The number of rotatable bonds is 1. The van der Waals surface area contributed by atoms with E-state index in [-0.39, 0.29) is 0 Å². The van der Waals surface area contributed by atoms with Crippen molar-refractivity contribution in [2.24, 2.45) is 10.7 Å². The van der Waals surface area contributed by atoms with Crippen LogP contribution in [0.2, 0.25) is 0 Å². The number of likely N-dealkylation sites (tertiary alicyclic amines) is 1. The predicted octanol–water partition coefficient (Wildman–Crippen LogP) is 1.31. The summed E-state index contributed by atoms with van der Waals surface area (Å²) < 4.78 is 0. The minimum absolute atomic E-state index is 0.609. The number of benzene rings is 1. The van der Waals surface area contributed by atoms with Gasteiger partial charge in [0.15, 0.2) is 5.96 Å². The standard InChI is InChI=1S/C11H16N4/c12-9-3-5-10(6-4-9)14-11(13)15-7-1-2-8-15/h3-6H,1-2,7-8,12H2,(H2,13,14). The van der Waals surface area contributed by atoms with Gasteiger partial charge in [0, 0.05) is 18.8 Å². The van der Waals surface area contributed by atoms with Gasteiger partial charge < -0.3 is 16.4 Å². The highest BCUT2D eigenvalue weighted by atomic mass is 15.3. The van der Waals surface area contributed by atoms with E-state index in [2.05, 4.69) is 9.89 Å². The van der Waals surface area contributed by atoms with Crippen molar-refractivity contribution in [2.45, 2.75) is 12.8 Å². The molecule has 0 saturated carbocycles. The number of hydrogen-bond donors (Lipinski definition) is 2. The summed E-state index contributed by atoms with van der Waals surface area (Å²) in [6.07, 6.45) is 2.41. The molecule has 0 amide bonds. The predicted molar refractivity (Wildman–Crippen MR) is 62.9 cm³/mol. The van der Waals surface area contributed by atoms with E-state index in [9.17, 15) is 0 Å². The van der Waals surface area contributed by atoms with Crippen LogP contribution in [0.1, 0.15) is 12.8 Å². The summed E-state index contributed by atoms with van der Waals surface area (Å²) in [6, 6.07) is 7.41. The molecule has 1 saturated heterocycles. The lowest BCUT2D eigenvalue weighted by atomic mass is 10.3. The van der Waals surface area contributed by atoms with E-state index >= 15 is 0 Å². The third-order valence-electron chi connectivity index (χ3n) is 2.57. The van der Waals surface area contributed by atoms with Crippen molar-refractivity contribution < 1.29 is 0 Å². The summed E-state index contributed by atoms with van der Waals surface area (Å²) in [6.45, 7) is 2.04. The van der Waals surface area contributed by atoms with Gasteiger partial charge in [0.05, 0.1) is 5.69 Å². The summed E-state index contributed by atoms with van der Waals surface area (Å²) in [4.78, 5) is 6.45. The summed E-state index contributed by atoms with van der Waals surface area (Å²) in [7, 11) is 0. The van der Waals surface area contributed by atoms with Crippen LogP contribution in [-0.2, 0) is 0 Å². The minimum Gasteiger partial charge on any atom is -0.399 e. The van der Waals surface area contributed by atoms with Gasteiger partial charge in [-0.25, -0.2) is 4.99 Å². The first-order valence-electron chi connectivity index (χ1n) is 5.20. The highest BCUT2D eigenvalue weighted by Crippen LogP contribution is 2.15. The fourth-order valence-corrected chi connectivity index (χ4v) is 1.70. The van der Waals surface area contributed by atoms with Gasteiger partial charge in [0.25, 0.3) is 0 Å². The third-order valence-corrected chi connectivity index (χ3v) is 2.57. The molecule has 2 rings (SSSR count). The van der Waals surface area contributed by atoms with Crippen LogP contribution >= 0.6 is 0 Å². The number of hydrogen-bond acceptors (Lipinski definition) is 2. The van der Waals surface area contributed by atoms with Gasteiger partial charge in [-0.2, -0.15) is 0 Å². The van der Waals surface area contributed by atoms with Gasteiger partial charge in [-0.15, -0.1) is 0 Å². The molecule has 1 aliphatic heterocycles. The molecule has 1 aromatic rings. The van der Waals surface area contributed by atoms with Gasteiger partial charge >= 0.3 is 0 Å². The molecular weight excluding hydrogens is 188 g/mol. The molecule has 4 heteroatoms. The van der Waals surface area contributed by atoms with Gasteiger partial charge in [0.1, 0.15) is 0 Å². The zero-order valence-corrected chi connectivity index (χ0v) is 8.69. The summed E-state index contributed by atoms with van der Waals surface area (Å²) in [5, 5.41) is 0. The van der Waals surface area contributed by atoms with E-state index in [1.165, 1.54) is 12.8 Å². The highest BCUT2D eigenvalue weighted by Gasteiger charge is 2.13. The molecule has 1 fully saturated rings. The Morgan fingerprint density at radius 2 is 1.73 bits per heavy atom. The average molecular weight is 204 g/mol. The second-order valence-electron chi connectivity index (χ2n) is 3.76. The topological polar surface area (TPSA) is 67.6 Å². The highest BCUT2D eigenvalue weighted by molar-refractivity contribution is 5.81. The molecule has 0 unspecified atom stereocenters. The van der Waals surface area contributed by atoms with Gasteiger partial charge in [-0.1, -0.05) is 0 Å². The molecular formula is C11H16N4. The fraction of sp³-hybridized carbons (Fsp3) is 0.364. The SMILES string of the molecule is NC(=Nc1ccc(N)cc1)N1CCCC1. The van der Waals surface area contributed by atoms with Gasteiger partial charge in [-0.05, 0) is 37.1 Å². The molecule has 0 radical (unpaired) electrons. The lowest BCUT2D eigenvalue weighted by Crippen LogP contribution is -2.34. The Bertz CT molecular complexity index is 349. The van der Waals surface area contributed by atoms with Crippen molar-refractivity contribution in [3.05, 3.63) is 24.3 Å². The number of aliphatic imine (C=N–C) groups is 1. The van der Waals surface area contributed by atoms with Crippen molar-refractivity contribution in [1.82, 2.24) is 4.90 Å². The monoisotopic (exact) mass is 204 g/mol. The zero-order chi connectivity index (χ0) is 10.7. The third kappa shape index (κ3) is 2.40. The zero-order valence-electron chi connectivity index (χ0n) is 8.69. The number of nitrogen functional groups attached to an aromatic ring is 1. The van der Waals surface area contributed by atoms with E-state index in [0.29, 0.717) is 5.96 Å². The second-order valence-corrected chi connectivity index (χ2v) is 3.76. The van der Waals surface area contributed by atoms with E-state index in [1.54, 1.807) is 0 Å². The van der Waals surface area contributed by atoms with Gasteiger partial charge in [0.2, 0.25) is 0 Å². The van der Waals surface area contributed by atoms with Crippen molar-refractivity contribution in [2.75, 3.05) is 18.8 Å². The van der Waals surface area contributed by atoms with E-state index in [1.807, 2.05) is 24.3 Å². The normalized spacial score (nSPS) is 17.1. The Labute approximate surface area is 89.6 Å². The van der Waals surface area contributed by atoms with Gasteiger partial charge in [-0.3, -0.25) is 0 Å². The molecule has 1 aromatic carbocycles. The van der Waals surface area contributed by atoms with Crippen LogP contribution in [-0.4, -0.2) is 23.9 Å². The van der Waals surface area contributed by atoms with Crippen molar-refractivity contribution in [3.8, 4) is 0 Å². The Balaban J connectivity index is 2.11. The number of nitrogens with two attached hydrogens (primary N) is 2. The molecule has 4 nitrogen and oxygen atoms in total. The van der Waals surface area contributed by atoms with Crippen molar-refractivity contribution in [1.29, 1.82) is 0 Å². The largest absolute Gasteiger partial charge is 0.399 e. The Morgan fingerprint density at radius 1 is 1.13 bits per heavy atom. The molecule has 0 bridgehead atoms. The lowest BCUT2D eigenvalue weighted by molar-refractivity contribution is 0.513. The molecule has 0 atom stereocenters. The molecule has 0 spiro atoms. The van der Waals surface area contributed by atoms with Crippen molar-refractivity contribution >= 4 is 17.3 Å². The molecule has 4 N–H and O–H groups in total. The van der Waals surface area contributed by atoms with Crippen LogP contribution in [0.25, 0.3) is 0 Å². The van der Waals surface area contributed by atoms with E-state index < -0.39 is 0 Å². The number of nitrogens with zero attached hydrogens (tertiary/aromatic N) is 2. The maximum absolute atomic E-state index is 5.89. The van der Waals surface area contributed by atoms with E-state index in [0.717, 1.165) is 24.5 Å². The maximum atomic E-state index is 5.89. The van der Waals surface area contributed by atoms with E-state index in [4.69, 9.17) is 11.5 Å². The fourth-order valence-electron chi connectivity index (χ4n) is 1.70. The molecule has 1 aliphatic rings. The number of guanidine groups is 1. The first-order chi connectivity index (χ1) is 7.25. The van der Waals surface area contributed by atoms with Crippen LogP contribution in [0.5, 0.6) is 0 Å². The summed E-state index contributed by atoms with van der Waals surface area (Å²) >= 11 is 0. The van der Waals surface area contributed by atoms with Crippen LogP contribution in [0, 0.1) is 0 Å². The first-order valence-corrected chi connectivity index (χ1v) is 5.20. The van der Waals surface area contributed by atoms with Crippen molar-refractivity contribution in [3.63, 3.8) is 0 Å². The van der Waals surface area contributed by atoms with Crippen LogP contribution < -0.4 is 11.5 Å². The number of anilines is 1. The summed E-state index contributed by atoms with van der Waals surface area (Å²) in [5.74, 6) is 0.609. The second kappa shape index (κ2) is 4.21. The Morgan fingerprint density at radius 3 is 2.33 bits per heavy atom. The quantitative estimate of drug-likeness (QED) is 0.412. The average Bonchev–Trinajstić information content (AvgIpc) is 2.74. The molecule has 15 heavy (non-hydrogen) atoms. The minimum atomic E-state index is 0.609. The molecule has 1 heterocycles. The van der Waals surface area contributed by atoms with Crippen LogP contribution in [0.15, 0.2) is 29.3 Å². The molecule has 0 aliphatic carbocycles. The maximum Gasteiger partial charge on any atom is 0.196 e. The Kier molecular flexibility index (Phi) is 2.76. The Hall–Kier alpha value is -1.71. The lowest BCUT2D eigenvalue weighted by Gasteiger charge is -2.15.